The monoisotopic (exact) mass is 346 g/mol. The second-order valence-corrected chi connectivity index (χ2v) is 5.05. The Morgan fingerprint density at radius 1 is 1.50 bits per heavy atom. The summed E-state index contributed by atoms with van der Waals surface area (Å²) in [6.07, 6.45) is 1.57. The number of aryl methyl sites for hydroxylation is 1. The van der Waals surface area contributed by atoms with E-state index in [0.29, 0.717) is 10.2 Å². The Hall–Kier alpha value is -1.83. The number of hydrogen-bond acceptors (Lipinski definition) is 4. The minimum Gasteiger partial charge on any atom is -0.480 e. The van der Waals surface area contributed by atoms with Crippen LogP contribution in [0.25, 0.3) is 0 Å². The summed E-state index contributed by atoms with van der Waals surface area (Å²) in [5.41, 5.74) is 0.321. The average molecular weight is 347 g/mol. The molecule has 0 aromatic carbocycles. The van der Waals surface area contributed by atoms with Crippen molar-refractivity contribution in [2.75, 3.05) is 7.11 Å². The van der Waals surface area contributed by atoms with Gasteiger partial charge < -0.3 is 19.7 Å². The van der Waals surface area contributed by atoms with E-state index in [2.05, 4.69) is 26.0 Å². The van der Waals surface area contributed by atoms with Gasteiger partial charge in [0.25, 0.3) is 5.91 Å². The van der Waals surface area contributed by atoms with Crippen molar-refractivity contribution < 1.29 is 24.2 Å². The fourth-order valence-corrected chi connectivity index (χ4v) is 2.13. The minimum absolute atomic E-state index is 0.0284. The molecule has 20 heavy (non-hydrogen) atoms. The molecule has 1 heterocycles. The molecule has 0 saturated heterocycles. The number of ether oxygens (including phenoxy) is 1. The molecule has 0 spiro atoms. The number of aliphatic carboxylic acids is 1. The number of carbonyl (C=O) groups is 3. The molecule has 1 amide bonds. The van der Waals surface area contributed by atoms with Gasteiger partial charge in [0, 0.05) is 24.1 Å². The van der Waals surface area contributed by atoms with Crippen LogP contribution in [0.1, 0.15) is 23.3 Å². The fraction of sp³-hybridized carbons (Fsp3) is 0.417. The zero-order chi connectivity index (χ0) is 15.3. The van der Waals surface area contributed by atoms with Gasteiger partial charge in [-0.15, -0.1) is 0 Å². The SMILES string of the molecule is COC(=O)CC[C@@H](NC(=O)c1cc(Br)cn1C)C(=O)O. The van der Waals surface area contributed by atoms with E-state index in [1.807, 2.05) is 0 Å². The largest absolute Gasteiger partial charge is 0.480 e. The number of nitrogens with one attached hydrogen (secondary N) is 1. The van der Waals surface area contributed by atoms with Crippen LogP contribution in [0, 0.1) is 0 Å². The van der Waals surface area contributed by atoms with Gasteiger partial charge in [-0.05, 0) is 28.4 Å². The van der Waals surface area contributed by atoms with Gasteiger partial charge in [-0.2, -0.15) is 0 Å². The number of carboxylic acids is 1. The van der Waals surface area contributed by atoms with Crippen LogP contribution >= 0.6 is 15.9 Å². The highest BCUT2D eigenvalue weighted by atomic mass is 79.9. The number of nitrogens with zero attached hydrogens (tertiary/aromatic N) is 1. The van der Waals surface area contributed by atoms with E-state index in [0.717, 1.165) is 0 Å². The van der Waals surface area contributed by atoms with Gasteiger partial charge >= 0.3 is 11.9 Å². The second kappa shape index (κ2) is 7.09. The van der Waals surface area contributed by atoms with Gasteiger partial charge in [0.05, 0.1) is 7.11 Å². The lowest BCUT2D eigenvalue weighted by atomic mass is 10.1. The third-order valence-electron chi connectivity index (χ3n) is 2.67. The molecule has 7 nitrogen and oxygen atoms in total. The summed E-state index contributed by atoms with van der Waals surface area (Å²) in [7, 11) is 2.89. The molecule has 0 unspecified atom stereocenters. The molecular formula is C12H15BrN2O5. The Kier molecular flexibility index (Phi) is 5.75. The van der Waals surface area contributed by atoms with Crippen LogP contribution in [0.5, 0.6) is 0 Å². The van der Waals surface area contributed by atoms with Crippen molar-refractivity contribution >= 4 is 33.8 Å². The highest BCUT2D eigenvalue weighted by molar-refractivity contribution is 9.10. The third kappa shape index (κ3) is 4.37. The van der Waals surface area contributed by atoms with Crippen LogP contribution in [-0.4, -0.2) is 40.7 Å². The van der Waals surface area contributed by atoms with Crippen molar-refractivity contribution in [1.29, 1.82) is 0 Å². The van der Waals surface area contributed by atoms with Gasteiger partial charge in [0.1, 0.15) is 11.7 Å². The van der Waals surface area contributed by atoms with Gasteiger partial charge in [-0.1, -0.05) is 0 Å². The molecule has 1 aromatic heterocycles. The van der Waals surface area contributed by atoms with Crippen molar-refractivity contribution in [2.24, 2.45) is 7.05 Å². The maximum Gasteiger partial charge on any atom is 0.326 e. The predicted molar refractivity (Wildman–Crippen MR) is 73.3 cm³/mol. The van der Waals surface area contributed by atoms with Gasteiger partial charge in [-0.25, -0.2) is 4.79 Å². The van der Waals surface area contributed by atoms with Crippen molar-refractivity contribution in [1.82, 2.24) is 9.88 Å². The summed E-state index contributed by atoms with van der Waals surface area (Å²) in [5, 5.41) is 11.4. The second-order valence-electron chi connectivity index (χ2n) is 4.13. The third-order valence-corrected chi connectivity index (χ3v) is 3.11. The van der Waals surface area contributed by atoms with Crippen molar-refractivity contribution in [3.63, 3.8) is 0 Å². The summed E-state index contributed by atoms with van der Waals surface area (Å²) in [5.74, 6) is -2.24. The smallest absolute Gasteiger partial charge is 0.326 e. The maximum absolute atomic E-state index is 12.0. The van der Waals surface area contributed by atoms with Crippen LogP contribution in [0.15, 0.2) is 16.7 Å². The van der Waals surface area contributed by atoms with E-state index < -0.39 is 23.9 Å². The Morgan fingerprint density at radius 2 is 2.15 bits per heavy atom. The van der Waals surface area contributed by atoms with Crippen molar-refractivity contribution in [2.45, 2.75) is 18.9 Å². The van der Waals surface area contributed by atoms with E-state index in [4.69, 9.17) is 5.11 Å². The van der Waals surface area contributed by atoms with Crippen molar-refractivity contribution in [3.8, 4) is 0 Å². The number of rotatable bonds is 6. The topological polar surface area (TPSA) is 97.6 Å². The van der Waals surface area contributed by atoms with Crippen LogP contribution in [0.2, 0.25) is 0 Å². The average Bonchev–Trinajstić information content (AvgIpc) is 2.72. The van der Waals surface area contributed by atoms with Crippen molar-refractivity contribution in [3.05, 3.63) is 22.4 Å². The van der Waals surface area contributed by atoms with Gasteiger partial charge in [0.15, 0.2) is 0 Å². The summed E-state index contributed by atoms with van der Waals surface area (Å²) in [4.78, 5) is 34.1. The molecule has 0 aliphatic heterocycles. The molecule has 110 valence electrons. The predicted octanol–water partition coefficient (Wildman–Crippen LogP) is 0.924. The number of halogens is 1. The molecule has 8 heteroatoms. The summed E-state index contributed by atoms with van der Waals surface area (Å²) in [6, 6.07) is 0.435. The Bertz CT molecular complexity index is 526. The number of esters is 1. The number of hydrogen-bond donors (Lipinski definition) is 2. The van der Waals surface area contributed by atoms with Crippen LogP contribution in [0.3, 0.4) is 0 Å². The minimum atomic E-state index is -1.20. The molecule has 0 saturated carbocycles. The Labute approximate surface area is 124 Å². The number of carboxylic acid groups (broad SMARTS) is 1. The number of amides is 1. The number of aromatic nitrogens is 1. The Balaban J connectivity index is 2.70. The molecular weight excluding hydrogens is 332 g/mol. The molecule has 0 fully saturated rings. The van der Waals surface area contributed by atoms with E-state index in [9.17, 15) is 14.4 Å². The zero-order valence-corrected chi connectivity index (χ0v) is 12.6. The van der Waals surface area contributed by atoms with Gasteiger partial charge in [0.2, 0.25) is 0 Å². The van der Waals surface area contributed by atoms with Crippen LogP contribution < -0.4 is 5.32 Å². The first-order valence-corrected chi connectivity index (χ1v) is 6.56. The standard InChI is InChI=1S/C12H15BrN2O5/c1-15-6-7(13)5-9(15)11(17)14-8(12(18)19)3-4-10(16)20-2/h5-6,8H,3-4H2,1-2H3,(H,14,17)(H,18,19)/t8-/m1/s1. The highest BCUT2D eigenvalue weighted by Gasteiger charge is 2.23. The summed E-state index contributed by atoms with van der Waals surface area (Å²) >= 11 is 3.23. The maximum atomic E-state index is 12.0. The van der Waals surface area contributed by atoms with Gasteiger partial charge in [-0.3, -0.25) is 9.59 Å². The van der Waals surface area contributed by atoms with Crippen LogP contribution in [0.4, 0.5) is 0 Å². The lowest BCUT2D eigenvalue weighted by Gasteiger charge is -2.14. The first kappa shape index (κ1) is 16.2. The first-order valence-electron chi connectivity index (χ1n) is 5.77. The van der Waals surface area contributed by atoms with E-state index >= 15 is 0 Å². The molecule has 0 radical (unpaired) electrons. The number of methoxy groups -OCH3 is 1. The molecule has 1 aromatic rings. The molecule has 1 rings (SSSR count). The molecule has 0 aliphatic carbocycles. The lowest BCUT2D eigenvalue weighted by Crippen LogP contribution is -2.41. The summed E-state index contributed by atoms with van der Waals surface area (Å²) in [6.45, 7) is 0. The molecule has 0 aliphatic rings. The lowest BCUT2D eigenvalue weighted by molar-refractivity contribution is -0.142. The Morgan fingerprint density at radius 3 is 2.60 bits per heavy atom. The number of carbonyl (C=O) groups excluding carboxylic acids is 2. The molecule has 2 N–H and O–H groups in total. The zero-order valence-electron chi connectivity index (χ0n) is 11.1. The quantitative estimate of drug-likeness (QED) is 0.746. The normalized spacial score (nSPS) is 11.8. The first-order chi connectivity index (χ1) is 9.35. The van der Waals surface area contributed by atoms with E-state index in [1.165, 1.54) is 7.11 Å². The summed E-state index contributed by atoms with van der Waals surface area (Å²) < 4.78 is 6.72. The van der Waals surface area contributed by atoms with Crippen LogP contribution in [-0.2, 0) is 21.4 Å². The molecule has 1 atom stereocenters. The highest BCUT2D eigenvalue weighted by Crippen LogP contribution is 2.14. The molecule has 0 bridgehead atoms. The fourth-order valence-electron chi connectivity index (χ4n) is 1.60. The van der Waals surface area contributed by atoms with E-state index in [1.54, 1.807) is 23.9 Å². The van der Waals surface area contributed by atoms with E-state index in [-0.39, 0.29) is 12.8 Å².